The molecule has 1 aromatic carbocycles. The van der Waals surface area contributed by atoms with Crippen molar-refractivity contribution >= 4 is 35.9 Å². The molecular formula is C21H30IN5O2. The number of para-hydroxylation sites is 1. The molecule has 8 heteroatoms. The number of carbonyl (C=O) groups excluding carboxylic acids is 1. The molecule has 0 atom stereocenters. The van der Waals surface area contributed by atoms with E-state index in [2.05, 4.69) is 28.4 Å². The Bertz CT molecular complexity index is 785. The SMILES string of the molecule is CCNC(=NCCc1cnn(-c2ccccc2)c1)N1CCC(C(=O)OC)CC1.I. The van der Waals surface area contributed by atoms with Gasteiger partial charge in [-0.05, 0) is 43.9 Å². The third-order valence-electron chi connectivity index (χ3n) is 4.98. The predicted octanol–water partition coefficient (Wildman–Crippen LogP) is 2.88. The van der Waals surface area contributed by atoms with Gasteiger partial charge in [0.1, 0.15) is 0 Å². The zero-order valence-corrected chi connectivity index (χ0v) is 19.4. The van der Waals surface area contributed by atoms with E-state index in [0.717, 1.165) is 56.1 Å². The van der Waals surface area contributed by atoms with Gasteiger partial charge in [0.15, 0.2) is 5.96 Å². The first-order valence-corrected chi connectivity index (χ1v) is 9.91. The smallest absolute Gasteiger partial charge is 0.308 e. The van der Waals surface area contributed by atoms with Crippen LogP contribution in [0.25, 0.3) is 5.69 Å². The van der Waals surface area contributed by atoms with Crippen LogP contribution in [-0.4, -0.2) is 59.9 Å². The van der Waals surface area contributed by atoms with E-state index in [-0.39, 0.29) is 35.9 Å². The Morgan fingerprint density at radius 3 is 2.66 bits per heavy atom. The number of aromatic nitrogens is 2. The van der Waals surface area contributed by atoms with Crippen LogP contribution >= 0.6 is 24.0 Å². The number of esters is 1. The van der Waals surface area contributed by atoms with E-state index in [4.69, 9.17) is 9.73 Å². The molecule has 0 aliphatic carbocycles. The van der Waals surface area contributed by atoms with Crippen LogP contribution in [-0.2, 0) is 16.0 Å². The lowest BCUT2D eigenvalue weighted by atomic mass is 9.97. The Hall–Kier alpha value is -2.10. The minimum absolute atomic E-state index is 0. The predicted molar refractivity (Wildman–Crippen MR) is 125 cm³/mol. The summed E-state index contributed by atoms with van der Waals surface area (Å²) < 4.78 is 6.76. The van der Waals surface area contributed by atoms with Crippen LogP contribution in [0.4, 0.5) is 0 Å². The van der Waals surface area contributed by atoms with Crippen molar-refractivity contribution in [2.24, 2.45) is 10.9 Å². The maximum atomic E-state index is 11.7. The number of methoxy groups -OCH3 is 1. The maximum absolute atomic E-state index is 11.7. The van der Waals surface area contributed by atoms with Crippen molar-refractivity contribution in [2.75, 3.05) is 33.3 Å². The summed E-state index contributed by atoms with van der Waals surface area (Å²) in [5.41, 5.74) is 2.21. The number of hydrogen-bond acceptors (Lipinski definition) is 4. The molecule has 1 saturated heterocycles. The quantitative estimate of drug-likeness (QED) is 0.280. The van der Waals surface area contributed by atoms with E-state index in [1.54, 1.807) is 0 Å². The molecule has 1 aliphatic rings. The molecule has 1 N–H and O–H groups in total. The summed E-state index contributed by atoms with van der Waals surface area (Å²) in [7, 11) is 1.46. The van der Waals surface area contributed by atoms with Crippen LogP contribution in [0.2, 0.25) is 0 Å². The van der Waals surface area contributed by atoms with Crippen molar-refractivity contribution in [3.63, 3.8) is 0 Å². The molecule has 1 aromatic heterocycles. The fourth-order valence-electron chi connectivity index (χ4n) is 3.42. The molecule has 3 rings (SSSR count). The summed E-state index contributed by atoms with van der Waals surface area (Å²) >= 11 is 0. The van der Waals surface area contributed by atoms with Crippen LogP contribution in [0.15, 0.2) is 47.7 Å². The third-order valence-corrected chi connectivity index (χ3v) is 4.98. The zero-order valence-electron chi connectivity index (χ0n) is 17.1. The van der Waals surface area contributed by atoms with Crippen molar-refractivity contribution in [1.82, 2.24) is 20.0 Å². The summed E-state index contributed by atoms with van der Waals surface area (Å²) in [5.74, 6) is 0.825. The molecule has 158 valence electrons. The molecule has 0 saturated carbocycles. The zero-order chi connectivity index (χ0) is 19.8. The van der Waals surface area contributed by atoms with Crippen LogP contribution in [0.1, 0.15) is 25.3 Å². The third kappa shape index (κ3) is 6.45. The highest BCUT2D eigenvalue weighted by molar-refractivity contribution is 14.0. The van der Waals surface area contributed by atoms with Gasteiger partial charge in [-0.2, -0.15) is 5.10 Å². The van der Waals surface area contributed by atoms with Crippen molar-refractivity contribution in [3.8, 4) is 5.69 Å². The summed E-state index contributed by atoms with van der Waals surface area (Å²) in [4.78, 5) is 18.7. The molecule has 0 unspecified atom stereocenters. The van der Waals surface area contributed by atoms with Crippen molar-refractivity contribution in [3.05, 3.63) is 48.3 Å². The summed E-state index contributed by atoms with van der Waals surface area (Å²) in [6, 6.07) is 10.1. The van der Waals surface area contributed by atoms with Gasteiger partial charge < -0.3 is 15.0 Å². The van der Waals surface area contributed by atoms with Gasteiger partial charge in [0, 0.05) is 32.4 Å². The fourth-order valence-corrected chi connectivity index (χ4v) is 3.42. The minimum atomic E-state index is -0.1000. The first-order valence-electron chi connectivity index (χ1n) is 9.91. The second kappa shape index (κ2) is 11.8. The number of likely N-dealkylation sites (tertiary alicyclic amines) is 1. The lowest BCUT2D eigenvalue weighted by Gasteiger charge is -2.33. The highest BCUT2D eigenvalue weighted by Crippen LogP contribution is 2.18. The number of ether oxygens (including phenoxy) is 1. The number of benzene rings is 1. The standard InChI is InChI=1S/C21H29N5O2.HI/c1-3-22-21(25-13-10-18(11-14-25)20(27)28-2)23-12-9-17-15-24-26(16-17)19-7-5-4-6-8-19;/h4-8,15-16,18H,3,9-14H2,1-2H3,(H,22,23);1H. The van der Waals surface area contributed by atoms with Gasteiger partial charge in [-0.1, -0.05) is 18.2 Å². The topological polar surface area (TPSA) is 71.8 Å². The number of halogens is 1. The highest BCUT2D eigenvalue weighted by Gasteiger charge is 2.26. The van der Waals surface area contributed by atoms with Gasteiger partial charge in [-0.15, -0.1) is 24.0 Å². The molecule has 0 radical (unpaired) electrons. The average molecular weight is 511 g/mol. The number of rotatable bonds is 6. The van der Waals surface area contributed by atoms with Crippen LogP contribution < -0.4 is 5.32 Å². The summed E-state index contributed by atoms with van der Waals surface area (Å²) in [6.45, 7) is 5.22. The number of piperidine rings is 1. The minimum Gasteiger partial charge on any atom is -0.469 e. The van der Waals surface area contributed by atoms with Gasteiger partial charge in [-0.3, -0.25) is 9.79 Å². The highest BCUT2D eigenvalue weighted by atomic mass is 127. The van der Waals surface area contributed by atoms with Gasteiger partial charge in [0.2, 0.25) is 0 Å². The van der Waals surface area contributed by atoms with Crippen LogP contribution in [0.3, 0.4) is 0 Å². The molecule has 7 nitrogen and oxygen atoms in total. The summed E-state index contributed by atoms with van der Waals surface area (Å²) in [6.07, 6.45) is 6.40. The Labute approximate surface area is 189 Å². The number of guanidine groups is 1. The molecule has 0 amide bonds. The van der Waals surface area contributed by atoms with E-state index in [9.17, 15) is 4.79 Å². The number of hydrogen-bond donors (Lipinski definition) is 1. The average Bonchev–Trinajstić information content (AvgIpc) is 3.22. The second-order valence-electron chi connectivity index (χ2n) is 6.90. The Balaban J connectivity index is 0.00000300. The first kappa shape index (κ1) is 23.2. The van der Waals surface area contributed by atoms with E-state index < -0.39 is 0 Å². The Morgan fingerprint density at radius 2 is 2.00 bits per heavy atom. The first-order chi connectivity index (χ1) is 13.7. The van der Waals surface area contributed by atoms with E-state index in [0.29, 0.717) is 6.54 Å². The largest absolute Gasteiger partial charge is 0.469 e. The van der Waals surface area contributed by atoms with Crippen molar-refractivity contribution in [2.45, 2.75) is 26.2 Å². The molecule has 1 fully saturated rings. The number of nitrogens with zero attached hydrogens (tertiary/aromatic N) is 4. The van der Waals surface area contributed by atoms with E-state index in [1.165, 1.54) is 7.11 Å². The number of nitrogens with one attached hydrogen (secondary N) is 1. The van der Waals surface area contributed by atoms with Gasteiger partial charge in [0.25, 0.3) is 0 Å². The van der Waals surface area contributed by atoms with Gasteiger partial charge >= 0.3 is 5.97 Å². The molecule has 1 aliphatic heterocycles. The normalized spacial score (nSPS) is 15.0. The van der Waals surface area contributed by atoms with Crippen LogP contribution in [0, 0.1) is 5.92 Å². The van der Waals surface area contributed by atoms with Crippen LogP contribution in [0.5, 0.6) is 0 Å². The number of carbonyl (C=O) groups is 1. The van der Waals surface area contributed by atoms with Crippen molar-refractivity contribution in [1.29, 1.82) is 0 Å². The molecule has 29 heavy (non-hydrogen) atoms. The summed E-state index contributed by atoms with van der Waals surface area (Å²) in [5, 5.41) is 7.81. The Morgan fingerprint density at radius 1 is 1.28 bits per heavy atom. The monoisotopic (exact) mass is 511 g/mol. The molecular weight excluding hydrogens is 481 g/mol. The lowest BCUT2D eigenvalue weighted by molar-refractivity contribution is -0.146. The van der Waals surface area contributed by atoms with E-state index >= 15 is 0 Å². The van der Waals surface area contributed by atoms with E-state index in [1.807, 2.05) is 41.2 Å². The lowest BCUT2D eigenvalue weighted by Crippen LogP contribution is -2.46. The Kier molecular flexibility index (Phi) is 9.43. The second-order valence-corrected chi connectivity index (χ2v) is 6.90. The molecule has 2 aromatic rings. The molecule has 0 bridgehead atoms. The van der Waals surface area contributed by atoms with Crippen molar-refractivity contribution < 1.29 is 9.53 Å². The van der Waals surface area contributed by atoms with Gasteiger partial charge in [0.05, 0.1) is 24.9 Å². The van der Waals surface area contributed by atoms with Gasteiger partial charge in [-0.25, -0.2) is 4.68 Å². The molecule has 2 heterocycles. The molecule has 0 spiro atoms. The fraction of sp³-hybridized carbons (Fsp3) is 0.476. The number of aliphatic imine (C=N–C) groups is 1. The maximum Gasteiger partial charge on any atom is 0.308 e.